The van der Waals surface area contributed by atoms with E-state index in [4.69, 9.17) is 47.4 Å². The van der Waals surface area contributed by atoms with Gasteiger partial charge in [0.1, 0.15) is 97.6 Å². The number of aliphatic hydroxyl groups excluding tert-OH is 13. The first-order valence-corrected chi connectivity index (χ1v) is 30.0. The Morgan fingerprint density at radius 3 is 1.56 bits per heavy atom. The summed E-state index contributed by atoms with van der Waals surface area (Å²) in [6, 6.07) is -2.91. The molecular formula is C56H98N2O26. The van der Waals surface area contributed by atoms with Crippen molar-refractivity contribution in [1.82, 2.24) is 10.6 Å². The molecule has 5 fully saturated rings. The highest BCUT2D eigenvalue weighted by molar-refractivity contribution is 5.84. The van der Waals surface area contributed by atoms with Gasteiger partial charge in [0.15, 0.2) is 30.9 Å². The average molecular weight is 1220 g/mol. The van der Waals surface area contributed by atoms with E-state index >= 15 is 0 Å². The van der Waals surface area contributed by atoms with Gasteiger partial charge in [-0.1, -0.05) is 83.3 Å². The molecule has 0 radical (unpaired) electrons. The summed E-state index contributed by atoms with van der Waals surface area (Å²) >= 11 is 0. The second kappa shape index (κ2) is 36.2. The summed E-state index contributed by atoms with van der Waals surface area (Å²) in [5.74, 6) is -4.90. The van der Waals surface area contributed by atoms with Gasteiger partial charge in [-0.25, -0.2) is 0 Å². The molecule has 5 heterocycles. The van der Waals surface area contributed by atoms with Crippen LogP contribution in [0.3, 0.4) is 0 Å². The van der Waals surface area contributed by atoms with E-state index in [1.165, 1.54) is 71.1 Å². The van der Waals surface area contributed by atoms with Gasteiger partial charge in [0, 0.05) is 33.8 Å². The summed E-state index contributed by atoms with van der Waals surface area (Å²) in [7, 11) is 0. The van der Waals surface area contributed by atoms with Crippen LogP contribution in [0.1, 0.15) is 137 Å². The molecule has 0 aliphatic carbocycles. The number of carbonyl (C=O) groups is 3. The number of rotatable bonds is 35. The summed E-state index contributed by atoms with van der Waals surface area (Å²) in [4.78, 5) is 39.3. The quantitative estimate of drug-likeness (QED) is 0.0225. The molecule has 0 aromatic rings. The van der Waals surface area contributed by atoms with Crippen LogP contribution in [0.25, 0.3) is 0 Å². The maximum atomic E-state index is 14.0. The second-order valence-electron chi connectivity index (χ2n) is 22.6. The molecule has 0 saturated carbocycles. The Kier molecular flexibility index (Phi) is 31.1. The van der Waals surface area contributed by atoms with Crippen molar-refractivity contribution in [3.8, 4) is 0 Å². The number of nitrogens with one attached hydrogen (secondary N) is 2. The molecule has 0 aromatic heterocycles. The number of amides is 2. The van der Waals surface area contributed by atoms with E-state index in [1.807, 2.05) is 6.08 Å². The Morgan fingerprint density at radius 2 is 0.976 bits per heavy atom. The van der Waals surface area contributed by atoms with Crippen LogP contribution in [-0.2, 0) is 61.8 Å². The summed E-state index contributed by atoms with van der Waals surface area (Å²) < 4.78 is 60.7. The lowest BCUT2D eigenvalue weighted by Gasteiger charge is -2.53. The van der Waals surface area contributed by atoms with Crippen LogP contribution in [0.4, 0.5) is 0 Å². The number of unbranched alkanes of at least 4 members (excludes halogenated alkanes) is 12. The molecule has 5 aliphatic heterocycles. The molecule has 2 amide bonds. The molecular weight excluding hydrogens is 1120 g/mol. The molecule has 84 heavy (non-hydrogen) atoms. The van der Waals surface area contributed by atoms with E-state index in [9.17, 15) is 80.8 Å². The number of carbonyl (C=O) groups excluding carboxylic acids is 3. The fourth-order valence-corrected chi connectivity index (χ4v) is 11.3. The highest BCUT2D eigenvalue weighted by Crippen LogP contribution is 2.41. The minimum absolute atomic E-state index is 0.0375. The molecule has 28 nitrogen and oxygen atoms in total. The molecule has 0 aromatic carbocycles. The largest absolute Gasteiger partial charge is 0.396 e. The molecule has 488 valence electrons. The zero-order chi connectivity index (χ0) is 61.7. The van der Waals surface area contributed by atoms with Crippen molar-refractivity contribution in [2.24, 2.45) is 0 Å². The van der Waals surface area contributed by atoms with E-state index in [0.29, 0.717) is 12.8 Å². The van der Waals surface area contributed by atoms with E-state index in [1.54, 1.807) is 0 Å². The molecule has 15 N–H and O–H groups in total. The number of allylic oxidation sites excluding steroid dienone is 2. The van der Waals surface area contributed by atoms with Crippen molar-refractivity contribution in [3.63, 3.8) is 0 Å². The molecule has 0 bridgehead atoms. The van der Waals surface area contributed by atoms with Gasteiger partial charge in [0.25, 0.3) is 0 Å². The van der Waals surface area contributed by atoms with E-state index < -0.39 is 197 Å². The Balaban J connectivity index is 1.37. The zero-order valence-electron chi connectivity index (χ0n) is 48.8. The van der Waals surface area contributed by atoms with Crippen LogP contribution in [0.15, 0.2) is 12.2 Å². The van der Waals surface area contributed by atoms with Gasteiger partial charge >= 0.3 is 0 Å². The fourth-order valence-electron chi connectivity index (χ4n) is 11.3. The topological polar surface area (TPSA) is 431 Å². The van der Waals surface area contributed by atoms with Crippen molar-refractivity contribution >= 4 is 17.6 Å². The molecule has 5 rings (SSSR count). The van der Waals surface area contributed by atoms with Crippen molar-refractivity contribution in [1.29, 1.82) is 0 Å². The summed E-state index contributed by atoms with van der Waals surface area (Å²) in [5.41, 5.74) is 0. The van der Waals surface area contributed by atoms with Crippen LogP contribution < -0.4 is 10.6 Å². The molecule has 24 atom stereocenters. The lowest BCUT2D eigenvalue weighted by Crippen LogP contribution is -2.71. The third-order valence-electron chi connectivity index (χ3n) is 16.0. The SMILES string of the molecule is CCCCCCCCCCCCCC=CCCCO[C@@H]1O[C@@H](CO)[C@@H](O[C@@H]2OC(CO)[C@H](O[C@@H]3OC(CO)[C@H](O)[C@H](O[C@@H]4OC(CO)[C@H](O)[C@H](O)C4O)C3NC(C)=O)[C@H](O[C@]3(C(C)=O)C[C@@H](O)[C@@H](NC(C)=O)C(CCCO)O3)C2O)C(O)C1O. The first kappa shape index (κ1) is 72.2. The number of hydrogen-bond donors (Lipinski definition) is 15. The minimum Gasteiger partial charge on any atom is -0.396 e. The van der Waals surface area contributed by atoms with Gasteiger partial charge in [0.05, 0.1) is 51.3 Å². The van der Waals surface area contributed by atoms with Gasteiger partial charge in [0.2, 0.25) is 17.6 Å². The van der Waals surface area contributed by atoms with Crippen molar-refractivity contribution in [2.45, 2.75) is 284 Å². The fraction of sp³-hybridized carbons (Fsp3) is 0.911. The number of aliphatic hydroxyl groups is 13. The number of Topliss-reactive ketones (excluding diaryl/α,β-unsaturated/α-hetero) is 1. The summed E-state index contributed by atoms with van der Waals surface area (Å²) in [6.07, 6.45) is -18.7. The van der Waals surface area contributed by atoms with Crippen LogP contribution in [-0.4, -0.2) is 270 Å². The highest BCUT2D eigenvalue weighted by Gasteiger charge is 2.60. The van der Waals surface area contributed by atoms with Crippen molar-refractivity contribution < 1.29 is 128 Å². The Morgan fingerprint density at radius 1 is 0.488 bits per heavy atom. The molecule has 9 unspecified atom stereocenters. The van der Waals surface area contributed by atoms with Crippen LogP contribution in [0.5, 0.6) is 0 Å². The maximum Gasteiger partial charge on any atom is 0.231 e. The molecule has 5 aliphatic rings. The lowest BCUT2D eigenvalue weighted by molar-refractivity contribution is -0.400. The predicted molar refractivity (Wildman–Crippen MR) is 290 cm³/mol. The Bertz CT molecular complexity index is 1940. The van der Waals surface area contributed by atoms with Gasteiger partial charge in [-0.3, -0.25) is 14.4 Å². The van der Waals surface area contributed by atoms with E-state index in [0.717, 1.165) is 26.7 Å². The monoisotopic (exact) mass is 1210 g/mol. The van der Waals surface area contributed by atoms with Crippen molar-refractivity contribution in [2.75, 3.05) is 39.6 Å². The third-order valence-corrected chi connectivity index (χ3v) is 16.0. The summed E-state index contributed by atoms with van der Waals surface area (Å²) in [5, 5.41) is 148. The molecule has 28 heteroatoms. The standard InChI is InChI=1S/C56H98N2O26/c1-5-6-7-8-9-10-11-12-13-14-15-16-17-18-19-20-24-75-53-46(73)44(71)48(37(28-62)78-53)80-55-47(74)51(84-56(30(2)64)25-33(67)39(57-31(3)65)34(83-56)22-21-23-59)49(38(29-63)79-55)81-52-40(58-32(4)66)50(42(69)36(27-61)76-52)82-54-45(72)43(70)41(68)35(26-60)77-54/h17-18,33-55,59-63,67-74H,5-16,19-29H2,1-4H3,(H,57,65)(H,58,66)/t33-,34?,35?,36?,37+,38?,39-,40?,41+,42+,43+,44?,45?,46?,47?,48-,49+,50-,51-,52+,53-,54+,55+,56+/m1/s1. The van der Waals surface area contributed by atoms with Crippen LogP contribution in [0.2, 0.25) is 0 Å². The third kappa shape index (κ3) is 19.7. The van der Waals surface area contributed by atoms with E-state index in [-0.39, 0.29) is 26.1 Å². The molecule has 0 spiro atoms. The average Bonchev–Trinajstić information content (AvgIpc) is 1.41. The first-order valence-electron chi connectivity index (χ1n) is 30.0. The smallest absolute Gasteiger partial charge is 0.231 e. The number of ketones is 1. The molecule has 5 saturated heterocycles. The van der Waals surface area contributed by atoms with Crippen molar-refractivity contribution in [3.05, 3.63) is 12.2 Å². The van der Waals surface area contributed by atoms with Gasteiger partial charge in [-0.2, -0.15) is 0 Å². The second-order valence-corrected chi connectivity index (χ2v) is 22.6. The first-order chi connectivity index (χ1) is 40.2. The van der Waals surface area contributed by atoms with Gasteiger partial charge in [-0.05, 0) is 38.5 Å². The van der Waals surface area contributed by atoms with E-state index in [2.05, 4.69) is 23.6 Å². The summed E-state index contributed by atoms with van der Waals surface area (Å²) in [6.45, 7) is 1.42. The maximum absolute atomic E-state index is 14.0. The van der Waals surface area contributed by atoms with Gasteiger partial charge in [-0.15, -0.1) is 0 Å². The van der Waals surface area contributed by atoms with Crippen LogP contribution in [0, 0.1) is 0 Å². The van der Waals surface area contributed by atoms with Gasteiger partial charge < -0.3 is 124 Å². The Labute approximate surface area is 490 Å². The normalized spacial score (nSPS) is 39.3. The number of ether oxygens (including phenoxy) is 10. The number of hydrogen-bond acceptors (Lipinski definition) is 26. The van der Waals surface area contributed by atoms with Crippen LogP contribution >= 0.6 is 0 Å². The highest BCUT2D eigenvalue weighted by atomic mass is 16.8. The minimum atomic E-state index is -2.57. The predicted octanol–water partition coefficient (Wildman–Crippen LogP) is -2.81. The lowest BCUT2D eigenvalue weighted by atomic mass is 9.88. The Hall–Kier alpha value is -2.57. The zero-order valence-corrected chi connectivity index (χ0v) is 48.8.